The number of nitrogens with zero attached hydrogens (tertiary/aromatic N) is 1. The van der Waals surface area contributed by atoms with Crippen LogP contribution in [0.4, 0.5) is 0 Å². The number of nitrogens with two attached hydrogens (primary N) is 1. The number of fused-ring (bicyclic) bond motifs is 2. The van der Waals surface area contributed by atoms with Crippen molar-refractivity contribution in [2.75, 3.05) is 0 Å². The fourth-order valence-corrected chi connectivity index (χ4v) is 4.42. The molecule has 0 saturated heterocycles. The summed E-state index contributed by atoms with van der Waals surface area (Å²) in [6, 6.07) is 6.41. The zero-order valence-electron chi connectivity index (χ0n) is 14.1. The summed E-state index contributed by atoms with van der Waals surface area (Å²) in [7, 11) is 0. The van der Waals surface area contributed by atoms with Crippen LogP contribution in [0.2, 0.25) is 5.02 Å². The van der Waals surface area contributed by atoms with Gasteiger partial charge in [-0.2, -0.15) is 0 Å². The van der Waals surface area contributed by atoms with Crippen molar-refractivity contribution in [2.24, 2.45) is 27.1 Å². The largest absolute Gasteiger partial charge is 0.369 e. The Morgan fingerprint density at radius 2 is 1.79 bits per heavy atom. The average Bonchev–Trinajstić information content (AvgIpc) is 2.83. The molecule has 3 rings (SSSR count). The number of hydrogen-bond acceptors (Lipinski definition) is 4. The Kier molecular flexibility index (Phi) is 3.75. The molecule has 0 spiro atoms. The van der Waals surface area contributed by atoms with Crippen molar-refractivity contribution >= 4 is 29.2 Å². The second kappa shape index (κ2) is 5.31. The first kappa shape index (κ1) is 17.0. The molecule has 6 heteroatoms. The first-order valence-electron chi connectivity index (χ1n) is 7.98. The fourth-order valence-electron chi connectivity index (χ4n) is 4.30. The Hall–Kier alpha value is -1.88. The number of carbonyl (C=O) groups is 2. The first-order valence-corrected chi connectivity index (χ1v) is 8.36. The number of amides is 1. The van der Waals surface area contributed by atoms with Crippen LogP contribution >= 0.6 is 11.6 Å². The Labute approximate surface area is 146 Å². The monoisotopic (exact) mass is 348 g/mol. The van der Waals surface area contributed by atoms with Crippen molar-refractivity contribution in [2.45, 2.75) is 40.0 Å². The molecule has 1 amide bonds. The quantitative estimate of drug-likeness (QED) is 0.669. The van der Waals surface area contributed by atoms with E-state index in [1.807, 2.05) is 13.8 Å². The topological polar surface area (TPSA) is 81.8 Å². The van der Waals surface area contributed by atoms with Crippen LogP contribution in [0, 0.1) is 16.2 Å². The Bertz CT molecular complexity index is 741. The van der Waals surface area contributed by atoms with Gasteiger partial charge in [-0.1, -0.05) is 37.5 Å². The van der Waals surface area contributed by atoms with Gasteiger partial charge in [-0.25, -0.2) is 4.79 Å². The summed E-state index contributed by atoms with van der Waals surface area (Å²) < 4.78 is 0. The maximum Gasteiger partial charge on any atom is 0.365 e. The van der Waals surface area contributed by atoms with E-state index in [1.165, 1.54) is 0 Å². The van der Waals surface area contributed by atoms with Crippen molar-refractivity contribution in [3.8, 4) is 0 Å². The van der Waals surface area contributed by atoms with Crippen LogP contribution in [-0.2, 0) is 9.63 Å². The van der Waals surface area contributed by atoms with Crippen LogP contribution < -0.4 is 5.73 Å². The third-order valence-electron chi connectivity index (χ3n) is 6.52. The highest BCUT2D eigenvalue weighted by atomic mass is 35.5. The molecule has 2 saturated carbocycles. The van der Waals surface area contributed by atoms with Gasteiger partial charge in [0.25, 0.3) is 0 Å². The van der Waals surface area contributed by atoms with Gasteiger partial charge in [0.05, 0.1) is 16.7 Å². The average molecular weight is 349 g/mol. The van der Waals surface area contributed by atoms with Gasteiger partial charge in [0.2, 0.25) is 5.91 Å². The van der Waals surface area contributed by atoms with Crippen LogP contribution in [0.15, 0.2) is 29.4 Å². The molecule has 2 bridgehead atoms. The van der Waals surface area contributed by atoms with Crippen LogP contribution in [0.3, 0.4) is 0 Å². The second-order valence-corrected chi connectivity index (χ2v) is 7.94. The van der Waals surface area contributed by atoms with E-state index in [0.717, 1.165) is 18.6 Å². The number of benzene rings is 1. The van der Waals surface area contributed by atoms with Crippen LogP contribution in [-0.4, -0.2) is 17.6 Å². The number of halogens is 1. The van der Waals surface area contributed by atoms with Crippen molar-refractivity contribution in [3.63, 3.8) is 0 Å². The fraction of sp³-hybridized carbons (Fsp3) is 0.500. The van der Waals surface area contributed by atoms with Gasteiger partial charge < -0.3 is 10.6 Å². The van der Waals surface area contributed by atoms with Crippen molar-refractivity contribution in [3.05, 3.63) is 34.9 Å². The summed E-state index contributed by atoms with van der Waals surface area (Å²) in [5, 5.41) is 4.67. The molecular weight excluding hydrogens is 328 g/mol. The molecule has 1 aromatic rings. The number of hydrogen-bond donors (Lipinski definition) is 1. The van der Waals surface area contributed by atoms with Crippen LogP contribution in [0.25, 0.3) is 0 Å². The smallest absolute Gasteiger partial charge is 0.365 e. The number of primary amides is 1. The molecule has 0 aromatic heterocycles. The minimum Gasteiger partial charge on any atom is -0.369 e. The van der Waals surface area contributed by atoms with E-state index in [4.69, 9.17) is 22.2 Å². The SMILES string of the molecule is CC12CCC(C(N)=O)(CC1=NOC(=O)c1ccc(Cl)cc1)C2(C)C. The van der Waals surface area contributed by atoms with Gasteiger partial charge in [0, 0.05) is 16.9 Å². The summed E-state index contributed by atoms with van der Waals surface area (Å²) in [4.78, 5) is 29.4. The highest BCUT2D eigenvalue weighted by Gasteiger charge is 2.71. The van der Waals surface area contributed by atoms with Gasteiger partial charge in [-0.3, -0.25) is 4.79 Å². The molecule has 2 atom stereocenters. The number of rotatable bonds is 3. The molecule has 0 aliphatic heterocycles. The first-order chi connectivity index (χ1) is 11.1. The summed E-state index contributed by atoms with van der Waals surface area (Å²) in [6.45, 7) is 6.17. The number of carbonyl (C=O) groups excluding carboxylic acids is 2. The summed E-state index contributed by atoms with van der Waals surface area (Å²) >= 11 is 5.81. The van der Waals surface area contributed by atoms with E-state index < -0.39 is 11.4 Å². The van der Waals surface area contributed by atoms with Gasteiger partial charge in [-0.05, 0) is 42.5 Å². The van der Waals surface area contributed by atoms with E-state index in [9.17, 15) is 9.59 Å². The second-order valence-electron chi connectivity index (χ2n) is 7.50. The van der Waals surface area contributed by atoms with Gasteiger partial charge in [0.1, 0.15) is 0 Å². The lowest BCUT2D eigenvalue weighted by molar-refractivity contribution is -0.132. The summed E-state index contributed by atoms with van der Waals surface area (Å²) in [5.41, 5.74) is 5.58. The summed E-state index contributed by atoms with van der Waals surface area (Å²) in [5.74, 6) is -0.845. The normalized spacial score (nSPS) is 32.1. The lowest BCUT2D eigenvalue weighted by Gasteiger charge is -2.38. The van der Waals surface area contributed by atoms with Crippen molar-refractivity contribution in [1.29, 1.82) is 0 Å². The molecule has 128 valence electrons. The lowest BCUT2D eigenvalue weighted by atomic mass is 9.64. The van der Waals surface area contributed by atoms with E-state index in [2.05, 4.69) is 12.1 Å². The molecule has 2 aliphatic rings. The van der Waals surface area contributed by atoms with Crippen LogP contribution in [0.1, 0.15) is 50.4 Å². The molecule has 0 heterocycles. The molecule has 2 fully saturated rings. The van der Waals surface area contributed by atoms with E-state index in [-0.39, 0.29) is 16.7 Å². The van der Waals surface area contributed by atoms with Gasteiger partial charge in [0.15, 0.2) is 0 Å². The van der Waals surface area contributed by atoms with E-state index >= 15 is 0 Å². The third kappa shape index (κ3) is 2.10. The molecule has 1 aromatic carbocycles. The standard InChI is InChI=1S/C18H21ClN2O3/c1-16(2)17(3)8-9-18(16,15(20)23)10-13(17)21-24-14(22)11-4-6-12(19)7-5-11/h4-7H,8-10H2,1-3H3,(H2,20,23). The maximum atomic E-state index is 12.1. The third-order valence-corrected chi connectivity index (χ3v) is 6.78. The Balaban J connectivity index is 1.86. The highest BCUT2D eigenvalue weighted by Crippen LogP contribution is 2.70. The minimum absolute atomic E-state index is 0.301. The minimum atomic E-state index is -0.618. The molecule has 2 N–H and O–H groups in total. The zero-order chi connectivity index (χ0) is 17.8. The highest BCUT2D eigenvalue weighted by molar-refractivity contribution is 6.30. The molecule has 0 radical (unpaired) electrons. The molecule has 2 aliphatic carbocycles. The van der Waals surface area contributed by atoms with Crippen LogP contribution in [0.5, 0.6) is 0 Å². The molecule has 24 heavy (non-hydrogen) atoms. The number of oxime groups is 1. The molecule has 2 unspecified atom stereocenters. The van der Waals surface area contributed by atoms with Gasteiger partial charge >= 0.3 is 5.97 Å². The van der Waals surface area contributed by atoms with Crippen molar-refractivity contribution in [1.82, 2.24) is 0 Å². The lowest BCUT2D eigenvalue weighted by Crippen LogP contribution is -2.44. The van der Waals surface area contributed by atoms with Crippen molar-refractivity contribution < 1.29 is 14.4 Å². The van der Waals surface area contributed by atoms with E-state index in [1.54, 1.807) is 24.3 Å². The van der Waals surface area contributed by atoms with Gasteiger partial charge in [-0.15, -0.1) is 0 Å². The summed E-state index contributed by atoms with van der Waals surface area (Å²) in [6.07, 6.45) is 2.00. The molecular formula is C18H21ClN2O3. The Morgan fingerprint density at radius 1 is 1.17 bits per heavy atom. The molecule has 5 nitrogen and oxygen atoms in total. The Morgan fingerprint density at radius 3 is 2.33 bits per heavy atom. The van der Waals surface area contributed by atoms with E-state index in [0.29, 0.717) is 17.0 Å². The maximum absolute atomic E-state index is 12.1. The predicted molar refractivity (Wildman–Crippen MR) is 91.7 cm³/mol. The zero-order valence-corrected chi connectivity index (χ0v) is 14.8. The predicted octanol–water partition coefficient (Wildman–Crippen LogP) is 3.55.